The fourth-order valence-electron chi connectivity index (χ4n) is 4.85. The molecule has 2 aliphatic rings. The van der Waals surface area contributed by atoms with Crippen molar-refractivity contribution in [3.63, 3.8) is 0 Å². The number of nitrogens with one attached hydrogen (secondary N) is 1. The zero-order valence-electron chi connectivity index (χ0n) is 19.3. The Labute approximate surface area is 229 Å². The Morgan fingerprint density at radius 1 is 1.00 bits per heavy atom. The third-order valence-corrected chi connectivity index (χ3v) is 9.59. The van der Waals surface area contributed by atoms with Gasteiger partial charge in [0.1, 0.15) is 6.61 Å². The summed E-state index contributed by atoms with van der Waals surface area (Å²) in [6.45, 7) is 0.666. The Bertz CT molecular complexity index is 1490. The summed E-state index contributed by atoms with van der Waals surface area (Å²) in [5.74, 6) is -0.515. The van der Waals surface area contributed by atoms with E-state index in [0.29, 0.717) is 29.2 Å². The third-order valence-electron chi connectivity index (χ3n) is 6.61. The predicted octanol–water partition coefficient (Wildman–Crippen LogP) is 6.18. The third kappa shape index (κ3) is 5.03. The molecule has 0 bridgehead atoms. The van der Waals surface area contributed by atoms with Gasteiger partial charge in [-0.15, -0.1) is 0 Å². The monoisotopic (exact) mass is 578 g/mol. The topological polar surface area (TPSA) is 92.8 Å². The number of rotatable bonds is 5. The maximum Gasteiger partial charge on any atom is 0.410 e. The number of hydrogen-bond acceptors (Lipinski definition) is 5. The Kier molecular flexibility index (Phi) is 7.11. The van der Waals surface area contributed by atoms with E-state index in [0.717, 1.165) is 5.56 Å². The van der Waals surface area contributed by atoms with Gasteiger partial charge in [-0.25, -0.2) is 13.2 Å². The zero-order chi connectivity index (χ0) is 26.3. The van der Waals surface area contributed by atoms with E-state index < -0.39 is 27.1 Å². The number of carbonyl (C=O) groups excluding carboxylic acids is 2. The zero-order valence-corrected chi connectivity index (χ0v) is 22.4. The van der Waals surface area contributed by atoms with Crippen LogP contribution in [0.2, 0.25) is 15.1 Å². The second-order valence-corrected chi connectivity index (χ2v) is 12.2. The van der Waals surface area contributed by atoms with Crippen LogP contribution in [0.1, 0.15) is 33.2 Å². The molecule has 1 saturated heterocycles. The van der Waals surface area contributed by atoms with Gasteiger partial charge in [0.25, 0.3) is 5.91 Å². The number of cyclic esters (lactones) is 1. The minimum atomic E-state index is -3.91. The van der Waals surface area contributed by atoms with E-state index in [1.54, 1.807) is 53.4 Å². The summed E-state index contributed by atoms with van der Waals surface area (Å²) in [6, 6.07) is 15.6. The van der Waals surface area contributed by atoms with Crippen molar-refractivity contribution in [2.75, 3.05) is 18.5 Å². The SMILES string of the molecule is O=C(Nc1ccc2c(c1)C(S(=O)(=O)c1cccc(Cl)c1)C[C@H](N1CCOC1=O)C2)c1c(Cl)cccc1Cl. The van der Waals surface area contributed by atoms with Crippen LogP contribution in [-0.4, -0.2) is 44.5 Å². The summed E-state index contributed by atoms with van der Waals surface area (Å²) in [5.41, 5.74) is 1.83. The average molecular weight is 580 g/mol. The molecule has 3 aromatic rings. The van der Waals surface area contributed by atoms with Crippen LogP contribution in [0, 0.1) is 0 Å². The molecule has 1 aliphatic carbocycles. The van der Waals surface area contributed by atoms with E-state index >= 15 is 0 Å². The quantitative estimate of drug-likeness (QED) is 0.390. The summed E-state index contributed by atoms with van der Waals surface area (Å²) in [6.07, 6.45) is 0.175. The molecule has 37 heavy (non-hydrogen) atoms. The lowest BCUT2D eigenvalue weighted by Crippen LogP contribution is -2.42. The van der Waals surface area contributed by atoms with Crippen LogP contribution in [0.5, 0.6) is 0 Å². The molecule has 1 unspecified atom stereocenters. The molecule has 7 nitrogen and oxygen atoms in total. The van der Waals surface area contributed by atoms with Crippen LogP contribution in [0.4, 0.5) is 10.5 Å². The lowest BCUT2D eigenvalue weighted by molar-refractivity contribution is 0.102. The molecule has 1 aliphatic heterocycles. The number of carbonyl (C=O) groups is 2. The molecule has 0 saturated carbocycles. The van der Waals surface area contributed by atoms with Gasteiger partial charge in [-0.1, -0.05) is 53.0 Å². The van der Waals surface area contributed by atoms with E-state index in [-0.39, 0.29) is 39.6 Å². The van der Waals surface area contributed by atoms with Crippen LogP contribution in [-0.2, 0) is 21.0 Å². The number of halogens is 3. The highest BCUT2D eigenvalue weighted by atomic mass is 35.5. The van der Waals surface area contributed by atoms with Crippen LogP contribution in [0.3, 0.4) is 0 Å². The lowest BCUT2D eigenvalue weighted by Gasteiger charge is -2.35. The van der Waals surface area contributed by atoms with Crippen molar-refractivity contribution in [3.05, 3.63) is 92.4 Å². The highest BCUT2D eigenvalue weighted by molar-refractivity contribution is 7.91. The van der Waals surface area contributed by atoms with Crippen molar-refractivity contribution in [3.8, 4) is 0 Å². The molecule has 2 amide bonds. The minimum Gasteiger partial charge on any atom is -0.448 e. The Morgan fingerprint density at radius 3 is 2.41 bits per heavy atom. The van der Waals surface area contributed by atoms with Crippen molar-refractivity contribution in [1.82, 2.24) is 4.90 Å². The van der Waals surface area contributed by atoms with Crippen LogP contribution < -0.4 is 5.32 Å². The summed E-state index contributed by atoms with van der Waals surface area (Å²) in [4.78, 5) is 26.9. The number of sulfone groups is 1. The second-order valence-electron chi connectivity index (χ2n) is 8.86. The molecular weight excluding hydrogens is 559 g/mol. The first-order valence-corrected chi connectivity index (χ1v) is 14.1. The van der Waals surface area contributed by atoms with E-state index in [2.05, 4.69) is 5.32 Å². The standard InChI is InChI=1S/C26H21Cl3N2O5S/c27-16-3-1-4-19(12-16)37(34,35)23-14-18(31-9-10-36-26(31)33)11-15-7-8-17(13-20(15)23)30-25(32)24-21(28)5-2-6-22(24)29/h1-8,12-13,18,23H,9-11,14H2,(H,30,32)/t18-,23?/m1/s1. The molecule has 0 aromatic heterocycles. The molecule has 1 fully saturated rings. The number of fused-ring (bicyclic) bond motifs is 1. The number of amides is 2. The van der Waals surface area contributed by atoms with Crippen molar-refractivity contribution >= 4 is 62.3 Å². The van der Waals surface area contributed by atoms with E-state index in [1.807, 2.05) is 0 Å². The largest absolute Gasteiger partial charge is 0.448 e. The van der Waals surface area contributed by atoms with E-state index in [4.69, 9.17) is 39.5 Å². The van der Waals surface area contributed by atoms with Gasteiger partial charge in [-0.3, -0.25) is 4.79 Å². The molecule has 3 aromatic carbocycles. The highest BCUT2D eigenvalue weighted by Crippen LogP contribution is 2.42. The number of anilines is 1. The smallest absolute Gasteiger partial charge is 0.410 e. The Balaban J connectivity index is 1.54. The predicted molar refractivity (Wildman–Crippen MR) is 142 cm³/mol. The van der Waals surface area contributed by atoms with Gasteiger partial charge < -0.3 is 15.0 Å². The highest BCUT2D eigenvalue weighted by Gasteiger charge is 2.41. The van der Waals surface area contributed by atoms with Crippen LogP contribution in [0.15, 0.2) is 65.6 Å². The second kappa shape index (κ2) is 10.2. The summed E-state index contributed by atoms with van der Waals surface area (Å²) >= 11 is 18.5. The van der Waals surface area contributed by atoms with Gasteiger partial charge in [0.15, 0.2) is 9.84 Å². The molecule has 2 atom stereocenters. The van der Waals surface area contributed by atoms with Gasteiger partial charge in [0.05, 0.1) is 32.3 Å². The Morgan fingerprint density at radius 2 is 1.73 bits per heavy atom. The molecule has 0 radical (unpaired) electrons. The van der Waals surface area contributed by atoms with Crippen molar-refractivity contribution in [2.24, 2.45) is 0 Å². The van der Waals surface area contributed by atoms with Crippen molar-refractivity contribution in [2.45, 2.75) is 29.0 Å². The van der Waals surface area contributed by atoms with E-state index in [9.17, 15) is 18.0 Å². The maximum atomic E-state index is 13.9. The van der Waals surface area contributed by atoms with E-state index in [1.165, 1.54) is 12.1 Å². The summed E-state index contributed by atoms with van der Waals surface area (Å²) in [5, 5.41) is 2.50. The summed E-state index contributed by atoms with van der Waals surface area (Å²) in [7, 11) is -3.91. The minimum absolute atomic E-state index is 0.0814. The first-order valence-electron chi connectivity index (χ1n) is 11.5. The molecule has 5 rings (SSSR count). The van der Waals surface area contributed by atoms with Gasteiger partial charge in [0.2, 0.25) is 0 Å². The molecular formula is C26H21Cl3N2O5S. The lowest BCUT2D eigenvalue weighted by atomic mass is 9.86. The van der Waals surface area contributed by atoms with Gasteiger partial charge in [0, 0.05) is 16.8 Å². The molecule has 0 spiro atoms. The molecule has 1 heterocycles. The van der Waals surface area contributed by atoms with Crippen LogP contribution in [0.25, 0.3) is 0 Å². The number of nitrogens with zero attached hydrogens (tertiary/aromatic N) is 1. The van der Waals surface area contributed by atoms with Gasteiger partial charge in [-0.05, 0) is 66.4 Å². The molecule has 192 valence electrons. The number of benzene rings is 3. The van der Waals surface area contributed by atoms with Crippen LogP contribution >= 0.6 is 34.8 Å². The average Bonchev–Trinajstić information content (AvgIpc) is 3.29. The number of hydrogen-bond donors (Lipinski definition) is 1. The fraction of sp³-hybridized carbons (Fsp3) is 0.231. The summed E-state index contributed by atoms with van der Waals surface area (Å²) < 4.78 is 32.8. The van der Waals surface area contributed by atoms with Gasteiger partial charge >= 0.3 is 6.09 Å². The van der Waals surface area contributed by atoms with Crippen molar-refractivity contribution < 1.29 is 22.7 Å². The first kappa shape index (κ1) is 25.9. The van der Waals surface area contributed by atoms with Crippen molar-refractivity contribution in [1.29, 1.82) is 0 Å². The van der Waals surface area contributed by atoms with Gasteiger partial charge in [-0.2, -0.15) is 0 Å². The molecule has 11 heteroatoms. The fourth-order valence-corrected chi connectivity index (χ4v) is 7.60. The first-order chi connectivity index (χ1) is 17.6. The Hall–Kier alpha value is -2.78. The number of ether oxygens (including phenoxy) is 1. The normalized spacial score (nSPS) is 19.3. The molecule has 1 N–H and O–H groups in total. The maximum absolute atomic E-state index is 13.9.